The van der Waals surface area contributed by atoms with Gasteiger partial charge in [-0.3, -0.25) is 4.99 Å². The molecule has 1 atom stereocenters. The number of hydrogen-bond acceptors (Lipinski definition) is 3. The average Bonchev–Trinajstić information content (AvgIpc) is 2.44. The molecule has 80 valence electrons. The van der Waals surface area contributed by atoms with Crippen molar-refractivity contribution in [1.29, 1.82) is 0 Å². The van der Waals surface area contributed by atoms with Gasteiger partial charge in [0.15, 0.2) is 5.17 Å². The van der Waals surface area contributed by atoms with Gasteiger partial charge in [-0.05, 0) is 31.6 Å². The Morgan fingerprint density at radius 3 is 2.86 bits per heavy atom. The highest BCUT2D eigenvalue weighted by atomic mass is 32.2. The molecular weight excluding hydrogens is 192 g/mol. The molecule has 14 heavy (non-hydrogen) atoms. The van der Waals surface area contributed by atoms with Crippen molar-refractivity contribution in [1.82, 2.24) is 5.32 Å². The van der Waals surface area contributed by atoms with Crippen LogP contribution in [0, 0.1) is 5.92 Å². The van der Waals surface area contributed by atoms with Crippen LogP contribution in [0.5, 0.6) is 0 Å². The normalized spacial score (nSPS) is 27.6. The Bertz CT molecular complexity index is 221. The Labute approximate surface area is 90.9 Å². The Balaban J connectivity index is 1.70. The van der Waals surface area contributed by atoms with E-state index in [0.29, 0.717) is 0 Å². The summed E-state index contributed by atoms with van der Waals surface area (Å²) in [6, 6.07) is 0.735. The number of rotatable bonds is 3. The van der Waals surface area contributed by atoms with E-state index < -0.39 is 0 Å². The number of amidine groups is 1. The molecule has 1 fully saturated rings. The predicted molar refractivity (Wildman–Crippen MR) is 63.9 cm³/mol. The molecule has 1 saturated carbocycles. The first-order valence-electron chi connectivity index (χ1n) is 5.71. The molecule has 3 heteroatoms. The Morgan fingerprint density at radius 1 is 1.50 bits per heavy atom. The van der Waals surface area contributed by atoms with Gasteiger partial charge in [0, 0.05) is 11.3 Å². The van der Waals surface area contributed by atoms with E-state index in [2.05, 4.69) is 24.2 Å². The number of nitrogens with one attached hydrogen (secondary N) is 1. The lowest BCUT2D eigenvalue weighted by Gasteiger charge is -2.27. The van der Waals surface area contributed by atoms with Crippen molar-refractivity contribution in [3.8, 4) is 0 Å². The molecule has 2 aliphatic rings. The lowest BCUT2D eigenvalue weighted by Crippen LogP contribution is -2.37. The van der Waals surface area contributed by atoms with Gasteiger partial charge in [-0.15, -0.1) is 0 Å². The highest BCUT2D eigenvalue weighted by Gasteiger charge is 2.24. The molecule has 0 amide bonds. The summed E-state index contributed by atoms with van der Waals surface area (Å²) in [6.45, 7) is 5.60. The molecule has 1 unspecified atom stereocenters. The molecule has 0 spiro atoms. The molecule has 0 aromatic carbocycles. The molecule has 1 heterocycles. The molecule has 0 aromatic heterocycles. The van der Waals surface area contributed by atoms with Crippen molar-refractivity contribution in [3.05, 3.63) is 0 Å². The minimum absolute atomic E-state index is 0.734. The first kappa shape index (κ1) is 10.3. The third-order valence-electron chi connectivity index (χ3n) is 2.88. The van der Waals surface area contributed by atoms with Crippen LogP contribution in [0.15, 0.2) is 4.99 Å². The van der Waals surface area contributed by atoms with Gasteiger partial charge in [-0.25, -0.2) is 0 Å². The molecule has 1 N–H and O–H groups in total. The standard InChI is InChI=1S/C11H20N2S/c1-8(2)6-10-7-12-11(14-10)13-9-4-3-5-9/h8-10H,3-7H2,1-2H3,(H,12,13). The van der Waals surface area contributed by atoms with E-state index in [-0.39, 0.29) is 0 Å². The van der Waals surface area contributed by atoms with Crippen LogP contribution in [0.3, 0.4) is 0 Å². The maximum atomic E-state index is 4.56. The summed E-state index contributed by atoms with van der Waals surface area (Å²) in [5.74, 6) is 0.797. The molecule has 1 aliphatic carbocycles. The van der Waals surface area contributed by atoms with E-state index >= 15 is 0 Å². The van der Waals surface area contributed by atoms with Crippen molar-refractivity contribution in [2.75, 3.05) is 6.54 Å². The van der Waals surface area contributed by atoms with E-state index in [4.69, 9.17) is 0 Å². The first-order valence-corrected chi connectivity index (χ1v) is 6.59. The molecule has 1 aliphatic heterocycles. The summed E-state index contributed by atoms with van der Waals surface area (Å²) in [7, 11) is 0. The third kappa shape index (κ3) is 2.66. The monoisotopic (exact) mass is 212 g/mol. The van der Waals surface area contributed by atoms with Crippen molar-refractivity contribution in [2.24, 2.45) is 10.9 Å². The maximum Gasteiger partial charge on any atom is 0.157 e. The average molecular weight is 212 g/mol. The van der Waals surface area contributed by atoms with Gasteiger partial charge in [0.25, 0.3) is 0 Å². The van der Waals surface area contributed by atoms with Crippen molar-refractivity contribution < 1.29 is 0 Å². The summed E-state index contributed by atoms with van der Waals surface area (Å²) >= 11 is 1.96. The fraction of sp³-hybridized carbons (Fsp3) is 0.909. The molecule has 0 aromatic rings. The molecule has 2 nitrogen and oxygen atoms in total. The number of aliphatic imine (C=N–C) groups is 1. The lowest BCUT2D eigenvalue weighted by molar-refractivity contribution is 0.385. The zero-order valence-corrected chi connectivity index (χ0v) is 9.94. The van der Waals surface area contributed by atoms with E-state index in [0.717, 1.165) is 23.8 Å². The Morgan fingerprint density at radius 2 is 2.29 bits per heavy atom. The summed E-state index contributed by atoms with van der Waals surface area (Å²) in [5.41, 5.74) is 0. The fourth-order valence-corrected chi connectivity index (χ4v) is 3.20. The third-order valence-corrected chi connectivity index (χ3v) is 4.03. The topological polar surface area (TPSA) is 24.4 Å². The van der Waals surface area contributed by atoms with Crippen LogP contribution in [-0.4, -0.2) is 23.0 Å². The van der Waals surface area contributed by atoms with Crippen LogP contribution in [0.1, 0.15) is 39.5 Å². The number of hydrogen-bond donors (Lipinski definition) is 1. The zero-order chi connectivity index (χ0) is 9.97. The largest absolute Gasteiger partial charge is 0.362 e. The van der Waals surface area contributed by atoms with Gasteiger partial charge in [-0.2, -0.15) is 0 Å². The van der Waals surface area contributed by atoms with Gasteiger partial charge in [0.05, 0.1) is 6.54 Å². The van der Waals surface area contributed by atoms with E-state index in [9.17, 15) is 0 Å². The molecule has 0 saturated heterocycles. The quantitative estimate of drug-likeness (QED) is 0.778. The van der Waals surface area contributed by atoms with Crippen LogP contribution < -0.4 is 5.32 Å². The first-order chi connectivity index (χ1) is 6.74. The van der Waals surface area contributed by atoms with E-state index in [1.165, 1.54) is 30.9 Å². The zero-order valence-electron chi connectivity index (χ0n) is 9.12. The smallest absolute Gasteiger partial charge is 0.157 e. The highest BCUT2D eigenvalue weighted by Crippen LogP contribution is 2.27. The molecule has 2 rings (SSSR count). The van der Waals surface area contributed by atoms with Gasteiger partial charge >= 0.3 is 0 Å². The van der Waals surface area contributed by atoms with Crippen LogP contribution >= 0.6 is 11.8 Å². The summed E-state index contributed by atoms with van der Waals surface area (Å²) in [5, 5.41) is 5.47. The second-order valence-corrected chi connectivity index (χ2v) is 6.08. The molecule has 0 radical (unpaired) electrons. The van der Waals surface area contributed by atoms with Crippen molar-refractivity contribution >= 4 is 16.9 Å². The van der Waals surface area contributed by atoms with Crippen molar-refractivity contribution in [2.45, 2.75) is 50.8 Å². The van der Waals surface area contributed by atoms with E-state index in [1.807, 2.05) is 11.8 Å². The second-order valence-electron chi connectivity index (χ2n) is 4.79. The van der Waals surface area contributed by atoms with E-state index in [1.54, 1.807) is 0 Å². The van der Waals surface area contributed by atoms with Gasteiger partial charge in [-0.1, -0.05) is 25.6 Å². The van der Waals surface area contributed by atoms with Crippen LogP contribution in [0.4, 0.5) is 0 Å². The number of thioether (sulfide) groups is 1. The molecule has 0 bridgehead atoms. The SMILES string of the molecule is CC(C)CC1CN=C(NC2CCC2)S1. The Hall–Kier alpha value is -0.180. The van der Waals surface area contributed by atoms with Crippen LogP contribution in [0.25, 0.3) is 0 Å². The number of nitrogens with zero attached hydrogens (tertiary/aromatic N) is 1. The Kier molecular flexibility index (Phi) is 3.37. The minimum atomic E-state index is 0.734. The summed E-state index contributed by atoms with van der Waals surface area (Å²) in [4.78, 5) is 4.56. The maximum absolute atomic E-state index is 4.56. The summed E-state index contributed by atoms with van der Waals surface area (Å²) < 4.78 is 0. The van der Waals surface area contributed by atoms with Gasteiger partial charge in [0.2, 0.25) is 0 Å². The predicted octanol–water partition coefficient (Wildman–Crippen LogP) is 2.65. The second kappa shape index (κ2) is 4.56. The van der Waals surface area contributed by atoms with Crippen molar-refractivity contribution in [3.63, 3.8) is 0 Å². The van der Waals surface area contributed by atoms with Crippen LogP contribution in [0.2, 0.25) is 0 Å². The van der Waals surface area contributed by atoms with Gasteiger partial charge < -0.3 is 5.32 Å². The minimum Gasteiger partial charge on any atom is -0.362 e. The highest BCUT2D eigenvalue weighted by molar-refractivity contribution is 8.14. The fourth-order valence-electron chi connectivity index (χ4n) is 1.87. The molecular formula is C11H20N2S. The lowest BCUT2D eigenvalue weighted by atomic mass is 9.94. The van der Waals surface area contributed by atoms with Crippen LogP contribution in [-0.2, 0) is 0 Å². The van der Waals surface area contributed by atoms with Gasteiger partial charge in [0.1, 0.15) is 0 Å². The summed E-state index contributed by atoms with van der Waals surface area (Å²) in [6.07, 6.45) is 5.37.